The first-order valence-electron chi connectivity index (χ1n) is 10.1. The molecule has 144 valence electrons. The minimum atomic E-state index is -0.0589. The molecule has 26 heavy (non-hydrogen) atoms. The molecule has 0 bridgehead atoms. The van der Waals surface area contributed by atoms with Crippen LogP contribution in [0.4, 0.5) is 4.79 Å². The highest BCUT2D eigenvalue weighted by Gasteiger charge is 2.24. The molecule has 1 aliphatic carbocycles. The molecule has 5 heteroatoms. The molecule has 5 nitrogen and oxygen atoms in total. The van der Waals surface area contributed by atoms with Gasteiger partial charge in [-0.05, 0) is 42.7 Å². The monoisotopic (exact) mass is 359 g/mol. The smallest absolute Gasteiger partial charge is 0.315 e. The van der Waals surface area contributed by atoms with Gasteiger partial charge < -0.3 is 20.3 Å². The number of likely N-dealkylation sites (tertiary alicyclic amines) is 1. The van der Waals surface area contributed by atoms with Crippen LogP contribution in [0.1, 0.15) is 49.7 Å². The summed E-state index contributed by atoms with van der Waals surface area (Å²) in [4.78, 5) is 14.8. The predicted molar refractivity (Wildman–Crippen MR) is 104 cm³/mol. The van der Waals surface area contributed by atoms with Gasteiger partial charge in [0.05, 0.1) is 6.61 Å². The van der Waals surface area contributed by atoms with E-state index in [2.05, 4.69) is 21.6 Å². The van der Waals surface area contributed by atoms with E-state index in [9.17, 15) is 4.79 Å². The summed E-state index contributed by atoms with van der Waals surface area (Å²) >= 11 is 0. The van der Waals surface area contributed by atoms with Crippen LogP contribution in [0.2, 0.25) is 0 Å². The summed E-state index contributed by atoms with van der Waals surface area (Å²) < 4.78 is 5.16. The van der Waals surface area contributed by atoms with Gasteiger partial charge in [0, 0.05) is 39.3 Å². The van der Waals surface area contributed by atoms with Crippen molar-refractivity contribution in [2.45, 2.75) is 57.7 Å². The summed E-state index contributed by atoms with van der Waals surface area (Å²) in [5.74, 6) is 0.914. The van der Waals surface area contributed by atoms with Gasteiger partial charge in [0.25, 0.3) is 0 Å². The Morgan fingerprint density at radius 3 is 2.62 bits per heavy atom. The Hall–Kier alpha value is -1.59. The van der Waals surface area contributed by atoms with Gasteiger partial charge in [0.2, 0.25) is 0 Å². The summed E-state index contributed by atoms with van der Waals surface area (Å²) in [6.45, 7) is 4.63. The average molecular weight is 360 g/mol. The molecule has 0 aromatic heterocycles. The lowest BCUT2D eigenvalue weighted by atomic mass is 10.0. The number of piperidine rings is 1. The molecule has 0 unspecified atom stereocenters. The number of nitrogens with zero attached hydrogens (tertiary/aromatic N) is 1. The van der Waals surface area contributed by atoms with E-state index >= 15 is 0 Å². The Morgan fingerprint density at radius 1 is 1.15 bits per heavy atom. The molecule has 0 atom stereocenters. The zero-order chi connectivity index (χ0) is 18.2. The number of amides is 2. The standard InChI is InChI=1S/C21H33N3O2/c1-26-16-19-8-4-7-18(13-19)14-22-21(25)23-20-9-11-24(12-10-20)15-17-5-2-3-6-17/h4,7-8,13,17,20H,2-3,5-6,9-12,14-16H2,1H3,(H2,22,23,25). The van der Waals surface area contributed by atoms with Gasteiger partial charge in [-0.3, -0.25) is 0 Å². The molecule has 1 aromatic rings. The van der Waals surface area contributed by atoms with Crippen molar-refractivity contribution in [3.8, 4) is 0 Å². The number of carbonyl (C=O) groups is 1. The average Bonchev–Trinajstić information content (AvgIpc) is 3.15. The fourth-order valence-electron chi connectivity index (χ4n) is 4.23. The van der Waals surface area contributed by atoms with Crippen LogP contribution in [0.5, 0.6) is 0 Å². The highest BCUT2D eigenvalue weighted by molar-refractivity contribution is 5.74. The second kappa shape index (κ2) is 9.93. The van der Waals surface area contributed by atoms with Crippen LogP contribution in [0.3, 0.4) is 0 Å². The topological polar surface area (TPSA) is 53.6 Å². The first kappa shape index (κ1) is 19.2. The van der Waals surface area contributed by atoms with Gasteiger partial charge in [-0.25, -0.2) is 4.79 Å². The Bertz CT molecular complexity index is 564. The Labute approximate surface area is 157 Å². The lowest BCUT2D eigenvalue weighted by Crippen LogP contribution is -2.48. The van der Waals surface area contributed by atoms with E-state index in [1.807, 2.05) is 18.2 Å². The SMILES string of the molecule is COCc1cccc(CNC(=O)NC2CCN(CC3CCCC3)CC2)c1. The van der Waals surface area contributed by atoms with Gasteiger partial charge in [0.15, 0.2) is 0 Å². The third-order valence-electron chi connectivity index (χ3n) is 5.67. The van der Waals surface area contributed by atoms with Gasteiger partial charge >= 0.3 is 6.03 Å². The molecule has 1 aromatic carbocycles. The van der Waals surface area contributed by atoms with Crippen LogP contribution in [0.25, 0.3) is 0 Å². The van der Waals surface area contributed by atoms with Crippen LogP contribution in [0, 0.1) is 5.92 Å². The zero-order valence-corrected chi connectivity index (χ0v) is 16.0. The van der Waals surface area contributed by atoms with Crippen molar-refractivity contribution in [1.29, 1.82) is 0 Å². The van der Waals surface area contributed by atoms with Crippen LogP contribution in [-0.4, -0.2) is 43.7 Å². The van der Waals surface area contributed by atoms with Gasteiger partial charge in [0.1, 0.15) is 0 Å². The number of urea groups is 1. The number of hydrogen-bond acceptors (Lipinski definition) is 3. The second-order valence-corrected chi connectivity index (χ2v) is 7.81. The van der Waals surface area contributed by atoms with Crippen molar-refractivity contribution in [3.63, 3.8) is 0 Å². The van der Waals surface area contributed by atoms with E-state index in [1.165, 1.54) is 32.2 Å². The van der Waals surface area contributed by atoms with E-state index in [4.69, 9.17) is 4.74 Å². The fourth-order valence-corrected chi connectivity index (χ4v) is 4.23. The molecule has 0 spiro atoms. The molecule has 1 aliphatic heterocycles. The molecule has 2 N–H and O–H groups in total. The van der Waals surface area contributed by atoms with Gasteiger partial charge in [-0.1, -0.05) is 37.1 Å². The van der Waals surface area contributed by atoms with Crippen molar-refractivity contribution < 1.29 is 9.53 Å². The molecule has 1 saturated heterocycles. The first-order valence-corrected chi connectivity index (χ1v) is 10.1. The van der Waals surface area contributed by atoms with Gasteiger partial charge in [-0.15, -0.1) is 0 Å². The first-order chi connectivity index (χ1) is 12.7. The third-order valence-corrected chi connectivity index (χ3v) is 5.67. The molecule has 1 heterocycles. The Morgan fingerprint density at radius 2 is 1.88 bits per heavy atom. The normalized spacial score (nSPS) is 19.6. The molecule has 2 fully saturated rings. The van der Waals surface area contributed by atoms with Crippen molar-refractivity contribution in [2.75, 3.05) is 26.7 Å². The Balaban J connectivity index is 1.34. The highest BCUT2D eigenvalue weighted by Crippen LogP contribution is 2.26. The van der Waals surface area contributed by atoms with Crippen LogP contribution >= 0.6 is 0 Å². The summed E-state index contributed by atoms with van der Waals surface area (Å²) in [7, 11) is 1.69. The second-order valence-electron chi connectivity index (χ2n) is 7.81. The summed E-state index contributed by atoms with van der Waals surface area (Å²) in [6.07, 6.45) is 7.76. The minimum absolute atomic E-state index is 0.0589. The van der Waals surface area contributed by atoms with E-state index < -0.39 is 0 Å². The minimum Gasteiger partial charge on any atom is -0.380 e. The number of rotatable bonds is 7. The quantitative estimate of drug-likeness (QED) is 0.785. The predicted octanol–water partition coefficient (Wildman–Crippen LogP) is 3.29. The van der Waals surface area contributed by atoms with Crippen LogP contribution in [-0.2, 0) is 17.9 Å². The Kier molecular flexibility index (Phi) is 7.32. The van der Waals surface area contributed by atoms with E-state index in [1.54, 1.807) is 7.11 Å². The van der Waals surface area contributed by atoms with E-state index in [0.717, 1.165) is 43.0 Å². The molecule has 2 aliphatic rings. The third kappa shape index (κ3) is 5.99. The summed E-state index contributed by atoms with van der Waals surface area (Å²) in [5, 5.41) is 6.12. The maximum atomic E-state index is 12.2. The van der Waals surface area contributed by atoms with E-state index in [-0.39, 0.29) is 6.03 Å². The van der Waals surface area contributed by atoms with E-state index in [0.29, 0.717) is 19.2 Å². The van der Waals surface area contributed by atoms with Gasteiger partial charge in [-0.2, -0.15) is 0 Å². The van der Waals surface area contributed by atoms with Crippen molar-refractivity contribution >= 4 is 6.03 Å². The van der Waals surface area contributed by atoms with Crippen molar-refractivity contribution in [2.24, 2.45) is 5.92 Å². The lowest BCUT2D eigenvalue weighted by molar-refractivity contribution is 0.171. The maximum Gasteiger partial charge on any atom is 0.315 e. The maximum absolute atomic E-state index is 12.2. The number of nitrogens with one attached hydrogen (secondary N) is 2. The molecule has 2 amide bonds. The molecular formula is C21H33N3O2. The number of ether oxygens (including phenoxy) is 1. The molecule has 3 rings (SSSR count). The largest absolute Gasteiger partial charge is 0.380 e. The lowest BCUT2D eigenvalue weighted by Gasteiger charge is -2.33. The summed E-state index contributed by atoms with van der Waals surface area (Å²) in [5.41, 5.74) is 2.22. The molecule has 1 saturated carbocycles. The van der Waals surface area contributed by atoms with Crippen LogP contribution in [0.15, 0.2) is 24.3 Å². The zero-order valence-electron chi connectivity index (χ0n) is 16.0. The molecule has 0 radical (unpaired) electrons. The fraction of sp³-hybridized carbons (Fsp3) is 0.667. The number of methoxy groups -OCH3 is 1. The van der Waals surface area contributed by atoms with Crippen LogP contribution < -0.4 is 10.6 Å². The number of hydrogen-bond donors (Lipinski definition) is 2. The highest BCUT2D eigenvalue weighted by atomic mass is 16.5. The van der Waals surface area contributed by atoms with Crippen molar-refractivity contribution in [3.05, 3.63) is 35.4 Å². The van der Waals surface area contributed by atoms with Crippen molar-refractivity contribution in [1.82, 2.24) is 15.5 Å². The number of carbonyl (C=O) groups excluding carboxylic acids is 1. The number of benzene rings is 1. The summed E-state index contributed by atoms with van der Waals surface area (Å²) in [6, 6.07) is 8.38. The molecular weight excluding hydrogens is 326 g/mol.